The zero-order chi connectivity index (χ0) is 13.1. The molecule has 2 rings (SSSR count). The number of likely N-dealkylation sites (N-methyl/N-ethyl adjacent to an activating group) is 2. The molecule has 2 aliphatic rings. The van der Waals surface area contributed by atoms with Gasteiger partial charge in [0, 0.05) is 25.7 Å². The van der Waals surface area contributed by atoms with Crippen LogP contribution in [-0.2, 0) is 0 Å². The summed E-state index contributed by atoms with van der Waals surface area (Å²) in [6.07, 6.45) is 5.76. The zero-order valence-corrected chi connectivity index (χ0v) is 12.0. The summed E-state index contributed by atoms with van der Waals surface area (Å²) in [7, 11) is 6.05. The SMILES string of the molecule is CN1CC=C([C@@H]2CCCN2CC(O)N(C)C)CC1. The van der Waals surface area contributed by atoms with Gasteiger partial charge in [0.05, 0.1) is 0 Å². The monoisotopic (exact) mass is 253 g/mol. The molecule has 18 heavy (non-hydrogen) atoms. The van der Waals surface area contributed by atoms with E-state index in [-0.39, 0.29) is 6.23 Å². The third-order valence-corrected chi connectivity index (χ3v) is 4.23. The first-order valence-electron chi connectivity index (χ1n) is 7.04. The third kappa shape index (κ3) is 3.32. The predicted octanol–water partition coefficient (Wildman–Crippen LogP) is 0.593. The van der Waals surface area contributed by atoms with E-state index in [1.54, 1.807) is 5.57 Å². The molecule has 104 valence electrons. The maximum absolute atomic E-state index is 10.0. The number of aliphatic hydroxyl groups is 1. The molecule has 2 heterocycles. The second-order valence-electron chi connectivity index (χ2n) is 5.89. The maximum atomic E-state index is 10.0. The number of β-amino-alcohol motifs (C(OH)–C–C–N with tert-alkyl or cyclic N) is 1. The van der Waals surface area contributed by atoms with Crippen LogP contribution in [0.5, 0.6) is 0 Å². The van der Waals surface area contributed by atoms with Crippen LogP contribution >= 0.6 is 0 Å². The second kappa shape index (κ2) is 6.15. The lowest BCUT2D eigenvalue weighted by atomic mass is 9.98. The number of likely N-dealkylation sites (tertiary alicyclic amines) is 1. The van der Waals surface area contributed by atoms with Gasteiger partial charge in [0.2, 0.25) is 0 Å². The molecule has 4 heteroatoms. The summed E-state index contributed by atoms with van der Waals surface area (Å²) in [4.78, 5) is 6.71. The Bertz CT molecular complexity index is 303. The van der Waals surface area contributed by atoms with E-state index in [9.17, 15) is 5.11 Å². The average Bonchev–Trinajstić information content (AvgIpc) is 2.78. The standard InChI is InChI=1S/C14H27N3O/c1-15(2)14(18)11-17-8-4-5-13(17)12-6-9-16(3)10-7-12/h6,13-14,18H,4-5,7-11H2,1-3H3/t13-,14?/m0/s1. The van der Waals surface area contributed by atoms with Gasteiger partial charge in [-0.1, -0.05) is 11.6 Å². The van der Waals surface area contributed by atoms with Gasteiger partial charge < -0.3 is 10.0 Å². The predicted molar refractivity (Wildman–Crippen MR) is 74.5 cm³/mol. The summed E-state index contributed by atoms with van der Waals surface area (Å²) < 4.78 is 0. The molecule has 1 unspecified atom stereocenters. The van der Waals surface area contributed by atoms with E-state index in [1.807, 2.05) is 19.0 Å². The quantitative estimate of drug-likeness (QED) is 0.587. The highest BCUT2D eigenvalue weighted by molar-refractivity contribution is 5.16. The van der Waals surface area contributed by atoms with E-state index in [0.29, 0.717) is 6.04 Å². The lowest BCUT2D eigenvalue weighted by molar-refractivity contribution is 0.00806. The minimum absolute atomic E-state index is 0.350. The first-order valence-corrected chi connectivity index (χ1v) is 7.04. The summed E-state index contributed by atoms with van der Waals surface area (Å²) in [6.45, 7) is 4.15. The average molecular weight is 253 g/mol. The Morgan fingerprint density at radius 3 is 2.83 bits per heavy atom. The van der Waals surface area contributed by atoms with E-state index in [4.69, 9.17) is 0 Å². The summed E-state index contributed by atoms with van der Waals surface area (Å²) in [5.74, 6) is 0. The lowest BCUT2D eigenvalue weighted by Crippen LogP contribution is -2.43. The van der Waals surface area contributed by atoms with Crippen molar-refractivity contribution in [2.24, 2.45) is 0 Å². The van der Waals surface area contributed by atoms with Crippen LogP contribution in [-0.4, -0.2) is 79.4 Å². The van der Waals surface area contributed by atoms with Crippen LogP contribution in [0.2, 0.25) is 0 Å². The number of aliphatic hydroxyl groups excluding tert-OH is 1. The summed E-state index contributed by atoms with van der Waals surface area (Å²) >= 11 is 0. The maximum Gasteiger partial charge on any atom is 0.119 e. The summed E-state index contributed by atoms with van der Waals surface area (Å²) in [6, 6.07) is 0.577. The van der Waals surface area contributed by atoms with E-state index in [2.05, 4.69) is 22.9 Å². The van der Waals surface area contributed by atoms with Crippen molar-refractivity contribution in [3.63, 3.8) is 0 Å². The van der Waals surface area contributed by atoms with Gasteiger partial charge in [0.1, 0.15) is 6.23 Å². The van der Waals surface area contributed by atoms with Crippen molar-refractivity contribution in [2.45, 2.75) is 31.5 Å². The Kier molecular flexibility index (Phi) is 4.78. The highest BCUT2D eigenvalue weighted by Gasteiger charge is 2.30. The van der Waals surface area contributed by atoms with E-state index >= 15 is 0 Å². The van der Waals surface area contributed by atoms with Gasteiger partial charge in [-0.25, -0.2) is 0 Å². The van der Waals surface area contributed by atoms with Gasteiger partial charge in [0.15, 0.2) is 0 Å². The Morgan fingerprint density at radius 1 is 1.44 bits per heavy atom. The molecule has 0 aromatic heterocycles. The Hall–Kier alpha value is -0.420. The van der Waals surface area contributed by atoms with Gasteiger partial charge >= 0.3 is 0 Å². The first kappa shape index (κ1) is 14.0. The molecular formula is C14H27N3O. The van der Waals surface area contributed by atoms with Crippen molar-refractivity contribution in [2.75, 3.05) is 47.3 Å². The fraction of sp³-hybridized carbons (Fsp3) is 0.857. The molecule has 4 nitrogen and oxygen atoms in total. The van der Waals surface area contributed by atoms with Crippen molar-refractivity contribution in [1.29, 1.82) is 0 Å². The van der Waals surface area contributed by atoms with Crippen molar-refractivity contribution in [1.82, 2.24) is 14.7 Å². The van der Waals surface area contributed by atoms with Crippen LogP contribution in [0.15, 0.2) is 11.6 Å². The van der Waals surface area contributed by atoms with Crippen LogP contribution in [0.1, 0.15) is 19.3 Å². The van der Waals surface area contributed by atoms with Crippen LogP contribution in [0, 0.1) is 0 Å². The number of nitrogens with zero attached hydrogens (tertiary/aromatic N) is 3. The van der Waals surface area contributed by atoms with Crippen molar-refractivity contribution < 1.29 is 5.11 Å². The summed E-state index contributed by atoms with van der Waals surface area (Å²) in [5, 5.41) is 10.0. The van der Waals surface area contributed by atoms with Crippen molar-refractivity contribution in [3.05, 3.63) is 11.6 Å². The van der Waals surface area contributed by atoms with Crippen LogP contribution < -0.4 is 0 Å². The fourth-order valence-electron chi connectivity index (χ4n) is 2.93. The molecule has 0 bridgehead atoms. The molecule has 0 saturated carbocycles. The molecule has 1 saturated heterocycles. The molecule has 1 fully saturated rings. The molecule has 2 aliphatic heterocycles. The third-order valence-electron chi connectivity index (χ3n) is 4.23. The van der Waals surface area contributed by atoms with Gasteiger partial charge in [0.25, 0.3) is 0 Å². The number of rotatable bonds is 4. The molecule has 0 aliphatic carbocycles. The van der Waals surface area contributed by atoms with E-state index in [0.717, 1.165) is 19.6 Å². The highest BCUT2D eigenvalue weighted by atomic mass is 16.3. The smallest absolute Gasteiger partial charge is 0.119 e. The lowest BCUT2D eigenvalue weighted by Gasteiger charge is -2.33. The molecule has 1 N–H and O–H groups in total. The topological polar surface area (TPSA) is 30.0 Å². The molecule has 0 radical (unpaired) electrons. The minimum Gasteiger partial charge on any atom is -0.377 e. The molecular weight excluding hydrogens is 226 g/mol. The van der Waals surface area contributed by atoms with Crippen LogP contribution in [0.25, 0.3) is 0 Å². The molecule has 2 atom stereocenters. The Labute approximate surface area is 111 Å². The minimum atomic E-state index is -0.350. The number of hydrogen-bond donors (Lipinski definition) is 1. The highest BCUT2D eigenvalue weighted by Crippen LogP contribution is 2.27. The van der Waals surface area contributed by atoms with Crippen LogP contribution in [0.4, 0.5) is 0 Å². The summed E-state index contributed by atoms with van der Waals surface area (Å²) in [5.41, 5.74) is 1.59. The zero-order valence-electron chi connectivity index (χ0n) is 12.0. The first-order chi connectivity index (χ1) is 8.58. The molecule has 0 amide bonds. The molecule has 0 spiro atoms. The molecule has 0 aromatic rings. The number of hydrogen-bond acceptors (Lipinski definition) is 4. The van der Waals surface area contributed by atoms with Gasteiger partial charge in [-0.15, -0.1) is 0 Å². The molecule has 0 aromatic carbocycles. The van der Waals surface area contributed by atoms with Gasteiger partial charge in [-0.05, 0) is 47.0 Å². The largest absolute Gasteiger partial charge is 0.377 e. The normalized spacial score (nSPS) is 28.7. The van der Waals surface area contributed by atoms with Gasteiger partial charge in [-0.3, -0.25) is 9.80 Å². The van der Waals surface area contributed by atoms with Crippen molar-refractivity contribution >= 4 is 0 Å². The Morgan fingerprint density at radius 2 is 2.22 bits per heavy atom. The van der Waals surface area contributed by atoms with Crippen LogP contribution in [0.3, 0.4) is 0 Å². The van der Waals surface area contributed by atoms with Crippen molar-refractivity contribution in [3.8, 4) is 0 Å². The second-order valence-corrected chi connectivity index (χ2v) is 5.89. The van der Waals surface area contributed by atoms with E-state index < -0.39 is 0 Å². The Balaban J connectivity index is 1.95. The van der Waals surface area contributed by atoms with Gasteiger partial charge in [-0.2, -0.15) is 0 Å². The van der Waals surface area contributed by atoms with E-state index in [1.165, 1.54) is 25.8 Å². The fourth-order valence-corrected chi connectivity index (χ4v) is 2.93.